The molecule has 0 radical (unpaired) electrons. The van der Waals surface area contributed by atoms with Gasteiger partial charge in [0.25, 0.3) is 0 Å². The fourth-order valence-corrected chi connectivity index (χ4v) is 6.99. The number of β-lactam (4-membered cyclic amide) rings is 1. The maximum Gasteiger partial charge on any atom is 0.330 e. The number of nitrogens with one attached hydrogen (secondary N) is 1. The van der Waals surface area contributed by atoms with Crippen molar-refractivity contribution in [2.75, 3.05) is 0 Å². The van der Waals surface area contributed by atoms with Gasteiger partial charge in [0.1, 0.15) is 24.1 Å². The molecular formula is C22H26N2O4S. The first kappa shape index (κ1) is 19.0. The van der Waals surface area contributed by atoms with E-state index >= 15 is 0 Å². The first-order chi connectivity index (χ1) is 13.8. The molecule has 2 amide bonds. The summed E-state index contributed by atoms with van der Waals surface area (Å²) in [5, 5.41) is 2.73. The zero-order chi connectivity index (χ0) is 20.4. The molecular weight excluding hydrogens is 388 g/mol. The summed E-state index contributed by atoms with van der Waals surface area (Å²) in [6.45, 7) is 4.10. The number of carbonyl (C=O) groups excluding carboxylic acids is 3. The number of rotatable bonds is 6. The van der Waals surface area contributed by atoms with Gasteiger partial charge in [-0.15, -0.1) is 11.8 Å². The van der Waals surface area contributed by atoms with Crippen LogP contribution in [0.5, 0.6) is 0 Å². The van der Waals surface area contributed by atoms with Crippen molar-refractivity contribution in [3.63, 3.8) is 0 Å². The van der Waals surface area contributed by atoms with Crippen molar-refractivity contribution in [3.8, 4) is 0 Å². The van der Waals surface area contributed by atoms with Crippen LogP contribution in [0.1, 0.15) is 45.1 Å². The Kier molecular flexibility index (Phi) is 4.25. The molecule has 0 spiro atoms. The molecule has 29 heavy (non-hydrogen) atoms. The van der Waals surface area contributed by atoms with Gasteiger partial charge in [0.05, 0.1) is 0 Å². The number of hydrogen-bond acceptors (Lipinski definition) is 5. The minimum absolute atomic E-state index is 0.0327. The number of benzene rings is 1. The van der Waals surface area contributed by atoms with Crippen LogP contribution in [0.15, 0.2) is 30.3 Å². The summed E-state index contributed by atoms with van der Waals surface area (Å²) >= 11 is 1.57. The Bertz CT molecular complexity index is 854. The SMILES string of the molecule is CC1(C)S[C@@H]2[C@H](NC(=O)CC34CC(C3)C4)C(=O)N2[C@H]1C(=O)OCc1ccccc1. The Balaban J connectivity index is 1.21. The topological polar surface area (TPSA) is 75.7 Å². The van der Waals surface area contributed by atoms with E-state index in [2.05, 4.69) is 5.32 Å². The van der Waals surface area contributed by atoms with Gasteiger partial charge in [0.2, 0.25) is 11.8 Å². The van der Waals surface area contributed by atoms with Crippen LogP contribution < -0.4 is 5.32 Å². The molecule has 1 aromatic carbocycles. The molecule has 5 fully saturated rings. The molecule has 154 valence electrons. The van der Waals surface area contributed by atoms with Crippen LogP contribution in [-0.2, 0) is 25.7 Å². The molecule has 6 nitrogen and oxygen atoms in total. The number of fused-ring (bicyclic) bond motifs is 1. The summed E-state index contributed by atoms with van der Waals surface area (Å²) in [5.74, 6) is 0.230. The number of thioether (sulfide) groups is 1. The fourth-order valence-electron chi connectivity index (χ4n) is 5.37. The number of carbonyl (C=O) groups is 3. The van der Waals surface area contributed by atoms with Gasteiger partial charge in [0, 0.05) is 11.2 Å². The third-order valence-electron chi connectivity index (χ3n) is 6.91. The van der Waals surface area contributed by atoms with Crippen molar-refractivity contribution in [1.29, 1.82) is 0 Å². The molecule has 2 aliphatic heterocycles. The molecule has 6 rings (SSSR count). The van der Waals surface area contributed by atoms with Crippen molar-refractivity contribution in [3.05, 3.63) is 35.9 Å². The number of esters is 1. The Morgan fingerprint density at radius 2 is 1.90 bits per heavy atom. The standard InChI is InChI=1S/C22H26N2O4S/c1-21(2)17(20(27)28-12-13-6-4-3-5-7-13)24-18(26)16(19(24)29-21)23-15(25)11-22-8-14(9-22)10-22/h3-7,14,16-17,19H,8-12H2,1-2H3,(H,23,25)/t14?,16-,17+,19-,22?/m1/s1. The molecule has 3 atom stereocenters. The monoisotopic (exact) mass is 414 g/mol. The van der Waals surface area contributed by atoms with E-state index in [4.69, 9.17) is 4.74 Å². The van der Waals surface area contributed by atoms with Crippen LogP contribution in [0, 0.1) is 11.3 Å². The van der Waals surface area contributed by atoms with E-state index in [0.717, 1.165) is 30.7 Å². The molecule has 1 aromatic rings. The molecule has 0 unspecified atom stereocenters. The molecule has 1 N–H and O–H groups in total. The first-order valence-electron chi connectivity index (χ1n) is 10.3. The lowest BCUT2D eigenvalue weighted by atomic mass is 9.43. The second-order valence-corrected chi connectivity index (χ2v) is 11.3. The zero-order valence-corrected chi connectivity index (χ0v) is 17.5. The molecule has 5 aliphatic rings. The highest BCUT2D eigenvalue weighted by Gasteiger charge is 2.65. The Hall–Kier alpha value is -2.02. The zero-order valence-electron chi connectivity index (χ0n) is 16.7. The van der Waals surface area contributed by atoms with Crippen LogP contribution in [0.2, 0.25) is 0 Å². The van der Waals surface area contributed by atoms with Crippen molar-refractivity contribution < 1.29 is 19.1 Å². The number of nitrogens with zero attached hydrogens (tertiary/aromatic N) is 1. The van der Waals surface area contributed by atoms with Gasteiger partial charge in [-0.05, 0) is 50.0 Å². The van der Waals surface area contributed by atoms with E-state index in [0.29, 0.717) is 6.42 Å². The largest absolute Gasteiger partial charge is 0.459 e. The lowest BCUT2D eigenvalue weighted by Crippen LogP contribution is -2.71. The highest BCUT2D eigenvalue weighted by molar-refractivity contribution is 8.01. The fraction of sp³-hybridized carbons (Fsp3) is 0.591. The number of hydrogen-bond donors (Lipinski definition) is 1. The lowest BCUT2D eigenvalue weighted by Gasteiger charge is -2.62. The quantitative estimate of drug-likeness (QED) is 0.572. The van der Waals surface area contributed by atoms with Gasteiger partial charge in [-0.2, -0.15) is 0 Å². The van der Waals surface area contributed by atoms with Gasteiger partial charge in [0.15, 0.2) is 0 Å². The maximum absolute atomic E-state index is 12.8. The predicted molar refractivity (Wildman–Crippen MR) is 109 cm³/mol. The molecule has 2 heterocycles. The van der Waals surface area contributed by atoms with E-state index in [1.807, 2.05) is 44.2 Å². The van der Waals surface area contributed by atoms with Gasteiger partial charge in [-0.3, -0.25) is 9.59 Å². The van der Waals surface area contributed by atoms with E-state index in [9.17, 15) is 14.4 Å². The van der Waals surface area contributed by atoms with Crippen molar-refractivity contribution in [2.24, 2.45) is 11.3 Å². The summed E-state index contributed by atoms with van der Waals surface area (Å²) in [5.41, 5.74) is 1.13. The number of ether oxygens (including phenoxy) is 1. The summed E-state index contributed by atoms with van der Waals surface area (Å²) in [6.07, 6.45) is 4.00. The molecule has 3 aliphatic carbocycles. The maximum atomic E-state index is 12.8. The van der Waals surface area contributed by atoms with E-state index < -0.39 is 16.8 Å². The Morgan fingerprint density at radius 1 is 1.21 bits per heavy atom. The third kappa shape index (κ3) is 3.05. The minimum Gasteiger partial charge on any atom is -0.459 e. The molecule has 0 aromatic heterocycles. The van der Waals surface area contributed by atoms with Crippen LogP contribution in [0.4, 0.5) is 0 Å². The summed E-state index contributed by atoms with van der Waals surface area (Å²) in [6, 6.07) is 8.33. The summed E-state index contributed by atoms with van der Waals surface area (Å²) in [4.78, 5) is 39.7. The highest BCUT2D eigenvalue weighted by Crippen LogP contribution is 2.66. The Morgan fingerprint density at radius 3 is 2.52 bits per heavy atom. The van der Waals surface area contributed by atoms with Crippen molar-refractivity contribution >= 4 is 29.5 Å². The smallest absolute Gasteiger partial charge is 0.330 e. The average molecular weight is 415 g/mol. The predicted octanol–water partition coefficient (Wildman–Crippen LogP) is 2.47. The van der Waals surface area contributed by atoms with Gasteiger partial charge in [-0.1, -0.05) is 30.3 Å². The summed E-state index contributed by atoms with van der Waals surface area (Å²) in [7, 11) is 0. The van der Waals surface area contributed by atoms with Crippen molar-refractivity contribution in [2.45, 2.75) is 68.3 Å². The lowest BCUT2D eigenvalue weighted by molar-refractivity contribution is -0.166. The minimum atomic E-state index is -0.639. The first-order valence-corrected chi connectivity index (χ1v) is 11.2. The van der Waals surface area contributed by atoms with Crippen LogP contribution in [0.3, 0.4) is 0 Å². The van der Waals surface area contributed by atoms with E-state index in [1.54, 1.807) is 16.7 Å². The average Bonchev–Trinajstić information content (AvgIpc) is 2.89. The second-order valence-electron chi connectivity index (χ2n) is 9.55. The third-order valence-corrected chi connectivity index (χ3v) is 8.48. The van der Waals surface area contributed by atoms with Gasteiger partial charge < -0.3 is 15.0 Å². The van der Waals surface area contributed by atoms with Gasteiger partial charge >= 0.3 is 5.97 Å². The van der Waals surface area contributed by atoms with E-state index in [-0.39, 0.29) is 35.2 Å². The number of amides is 2. The summed E-state index contributed by atoms with van der Waals surface area (Å²) < 4.78 is 5.05. The Labute approximate surface area is 174 Å². The molecule has 3 saturated carbocycles. The highest BCUT2D eigenvalue weighted by atomic mass is 32.2. The van der Waals surface area contributed by atoms with Crippen molar-refractivity contribution in [1.82, 2.24) is 10.2 Å². The normalized spacial score (nSPS) is 35.7. The molecule has 2 bridgehead atoms. The van der Waals surface area contributed by atoms with Gasteiger partial charge in [-0.25, -0.2) is 4.79 Å². The molecule has 2 saturated heterocycles. The second kappa shape index (κ2) is 6.49. The van der Waals surface area contributed by atoms with Crippen LogP contribution in [0.25, 0.3) is 0 Å². The molecule has 7 heteroatoms. The van der Waals surface area contributed by atoms with Crippen LogP contribution >= 0.6 is 11.8 Å². The van der Waals surface area contributed by atoms with E-state index in [1.165, 1.54) is 0 Å². The van der Waals surface area contributed by atoms with Crippen LogP contribution in [-0.4, -0.2) is 44.9 Å².